The summed E-state index contributed by atoms with van der Waals surface area (Å²) in [6, 6.07) is 13.4. The summed E-state index contributed by atoms with van der Waals surface area (Å²) < 4.78 is 6.84. The lowest BCUT2D eigenvalue weighted by Crippen LogP contribution is -2.52. The van der Waals surface area contributed by atoms with E-state index in [0.29, 0.717) is 24.4 Å². The largest absolute Gasteiger partial charge is 0.507 e. The van der Waals surface area contributed by atoms with Crippen molar-refractivity contribution in [3.8, 4) is 16.9 Å². The fourth-order valence-electron chi connectivity index (χ4n) is 5.49. The van der Waals surface area contributed by atoms with Crippen LogP contribution in [0.1, 0.15) is 24.0 Å². The number of nitrogens with zero attached hydrogens (tertiary/aromatic N) is 1. The van der Waals surface area contributed by atoms with E-state index in [1.165, 1.54) is 25.9 Å². The molecule has 1 aliphatic carbocycles. The highest BCUT2D eigenvalue weighted by atomic mass is 16.5. The number of quaternary nitrogens is 1. The molecule has 4 heteroatoms. The quantitative estimate of drug-likeness (QED) is 0.611. The number of rotatable bonds is 5. The van der Waals surface area contributed by atoms with Crippen LogP contribution in [0, 0.1) is 24.7 Å². The van der Waals surface area contributed by atoms with Crippen LogP contribution >= 0.6 is 0 Å². The molecular formula is C25H32NO3+. The van der Waals surface area contributed by atoms with Crippen molar-refractivity contribution in [2.75, 3.05) is 33.8 Å². The Morgan fingerprint density at radius 1 is 1.07 bits per heavy atom. The standard InChI is InChI=1S/C25H31NO3/c1-17-7-9-18(10-8-17)25-19(5-4-6-23(25)27)13-24(28)29-16-22-20-11-12-21(22)15-26(2,3)14-20/h4-10,20-22H,11-16H2,1-3H3/p+1. The molecule has 2 aromatic rings. The van der Waals surface area contributed by atoms with E-state index in [4.69, 9.17) is 4.74 Å². The number of aryl methyl sites for hydroxylation is 1. The highest BCUT2D eigenvalue weighted by molar-refractivity contribution is 5.80. The van der Waals surface area contributed by atoms with E-state index in [-0.39, 0.29) is 18.1 Å². The van der Waals surface area contributed by atoms with Crippen LogP contribution in [0.4, 0.5) is 0 Å². The fraction of sp³-hybridized carbons (Fsp3) is 0.480. The average Bonchev–Trinajstić information content (AvgIpc) is 2.92. The summed E-state index contributed by atoms with van der Waals surface area (Å²) in [6.45, 7) is 4.93. The number of likely N-dealkylation sites (tertiary alicyclic amines) is 1. The van der Waals surface area contributed by atoms with Gasteiger partial charge < -0.3 is 14.3 Å². The predicted octanol–water partition coefficient (Wildman–Crippen LogP) is 4.19. The van der Waals surface area contributed by atoms with Crippen molar-refractivity contribution in [2.45, 2.75) is 26.2 Å². The van der Waals surface area contributed by atoms with Crippen molar-refractivity contribution >= 4 is 5.97 Å². The second-order valence-electron chi connectivity index (χ2n) is 9.60. The number of esters is 1. The van der Waals surface area contributed by atoms with Crippen molar-refractivity contribution in [2.24, 2.45) is 17.8 Å². The van der Waals surface area contributed by atoms with Crippen molar-refractivity contribution in [1.29, 1.82) is 0 Å². The molecule has 154 valence electrons. The van der Waals surface area contributed by atoms with Gasteiger partial charge in [0.15, 0.2) is 0 Å². The topological polar surface area (TPSA) is 46.5 Å². The molecule has 2 fully saturated rings. The number of carbonyl (C=O) groups is 1. The minimum Gasteiger partial charge on any atom is -0.507 e. The summed E-state index contributed by atoms with van der Waals surface area (Å²) in [5.74, 6) is 1.83. The molecule has 29 heavy (non-hydrogen) atoms. The molecular weight excluding hydrogens is 362 g/mol. The molecule has 1 saturated carbocycles. The van der Waals surface area contributed by atoms with Crippen LogP contribution in [0.3, 0.4) is 0 Å². The third-order valence-corrected chi connectivity index (χ3v) is 6.82. The molecule has 1 N–H and O–H groups in total. The van der Waals surface area contributed by atoms with Gasteiger partial charge in [0.2, 0.25) is 0 Å². The number of aromatic hydroxyl groups is 1. The Bertz CT molecular complexity index is 871. The molecule has 2 aliphatic rings. The van der Waals surface area contributed by atoms with Crippen molar-refractivity contribution < 1.29 is 19.1 Å². The molecule has 0 amide bonds. The normalized spacial score (nSPS) is 25.0. The minimum absolute atomic E-state index is 0.182. The first kappa shape index (κ1) is 20.0. The lowest BCUT2D eigenvalue weighted by molar-refractivity contribution is -0.902. The van der Waals surface area contributed by atoms with Crippen LogP contribution in [0.15, 0.2) is 42.5 Å². The molecule has 0 spiro atoms. The zero-order chi connectivity index (χ0) is 20.6. The van der Waals surface area contributed by atoms with Gasteiger partial charge in [-0.1, -0.05) is 42.0 Å². The average molecular weight is 395 g/mol. The summed E-state index contributed by atoms with van der Waals surface area (Å²) in [5.41, 5.74) is 3.61. The first-order valence-electron chi connectivity index (χ1n) is 10.7. The number of phenolic OH excluding ortho intramolecular Hbond substituents is 1. The third-order valence-electron chi connectivity index (χ3n) is 6.82. The van der Waals surface area contributed by atoms with Crippen molar-refractivity contribution in [3.63, 3.8) is 0 Å². The second kappa shape index (κ2) is 7.83. The van der Waals surface area contributed by atoms with Crippen LogP contribution in [0.2, 0.25) is 0 Å². The number of piperidine rings is 1. The minimum atomic E-state index is -0.206. The molecule has 1 heterocycles. The van der Waals surface area contributed by atoms with Crippen molar-refractivity contribution in [3.05, 3.63) is 53.6 Å². The summed E-state index contributed by atoms with van der Waals surface area (Å²) in [7, 11) is 4.62. The predicted molar refractivity (Wildman–Crippen MR) is 114 cm³/mol. The number of phenols is 1. The van der Waals surface area contributed by atoms with Crippen LogP contribution in [0.5, 0.6) is 5.75 Å². The highest BCUT2D eigenvalue weighted by Gasteiger charge is 2.47. The molecule has 0 radical (unpaired) electrons. The van der Waals surface area contributed by atoms with E-state index >= 15 is 0 Å². The van der Waals surface area contributed by atoms with Gasteiger partial charge in [-0.3, -0.25) is 4.79 Å². The van der Waals surface area contributed by atoms with Gasteiger partial charge in [-0.25, -0.2) is 0 Å². The number of hydrogen-bond acceptors (Lipinski definition) is 3. The summed E-state index contributed by atoms with van der Waals surface area (Å²) in [6.07, 6.45) is 2.71. The Morgan fingerprint density at radius 3 is 2.38 bits per heavy atom. The number of hydrogen-bond donors (Lipinski definition) is 1. The molecule has 4 rings (SSSR count). The van der Waals surface area contributed by atoms with E-state index in [1.807, 2.05) is 37.3 Å². The van der Waals surface area contributed by atoms with Crippen LogP contribution in [-0.4, -0.2) is 49.4 Å². The van der Waals surface area contributed by atoms with Gasteiger partial charge in [0.05, 0.1) is 40.2 Å². The molecule has 2 bridgehead atoms. The first-order valence-corrected chi connectivity index (χ1v) is 10.7. The number of ether oxygens (including phenoxy) is 1. The Labute approximate surface area is 173 Å². The Morgan fingerprint density at radius 2 is 1.72 bits per heavy atom. The van der Waals surface area contributed by atoms with E-state index in [1.54, 1.807) is 12.1 Å². The maximum absolute atomic E-state index is 12.7. The second-order valence-corrected chi connectivity index (χ2v) is 9.60. The van der Waals surface area contributed by atoms with E-state index in [9.17, 15) is 9.90 Å². The van der Waals surface area contributed by atoms with Crippen LogP contribution in [-0.2, 0) is 16.0 Å². The summed E-state index contributed by atoms with van der Waals surface area (Å²) in [5, 5.41) is 10.4. The van der Waals surface area contributed by atoms with Gasteiger partial charge in [0.1, 0.15) is 5.75 Å². The highest BCUT2D eigenvalue weighted by Crippen LogP contribution is 2.43. The van der Waals surface area contributed by atoms with E-state index in [0.717, 1.165) is 26.7 Å². The molecule has 1 aliphatic heterocycles. The van der Waals surface area contributed by atoms with Gasteiger partial charge in [-0.2, -0.15) is 0 Å². The Hall–Kier alpha value is -2.33. The van der Waals surface area contributed by atoms with Crippen molar-refractivity contribution in [1.82, 2.24) is 0 Å². The van der Waals surface area contributed by atoms with Gasteiger partial charge in [-0.15, -0.1) is 0 Å². The molecule has 1 saturated heterocycles. The maximum Gasteiger partial charge on any atom is 0.310 e. The van der Waals surface area contributed by atoms with Gasteiger partial charge in [-0.05, 0) is 37.0 Å². The summed E-state index contributed by atoms with van der Waals surface area (Å²) in [4.78, 5) is 12.7. The Kier molecular flexibility index (Phi) is 5.39. The Balaban J connectivity index is 1.43. The smallest absolute Gasteiger partial charge is 0.310 e. The SMILES string of the molecule is Cc1ccc(-c2c(O)cccc2CC(=O)OCC2C3CCC2C[N+](C)(C)C3)cc1. The molecule has 2 unspecified atom stereocenters. The third kappa shape index (κ3) is 4.32. The maximum atomic E-state index is 12.7. The summed E-state index contributed by atoms with van der Waals surface area (Å²) >= 11 is 0. The van der Waals surface area contributed by atoms with Gasteiger partial charge >= 0.3 is 5.97 Å². The molecule has 0 aromatic heterocycles. The van der Waals surface area contributed by atoms with E-state index in [2.05, 4.69) is 14.1 Å². The van der Waals surface area contributed by atoms with Crippen LogP contribution < -0.4 is 0 Å². The van der Waals surface area contributed by atoms with Gasteiger partial charge in [0, 0.05) is 23.3 Å². The lowest BCUT2D eigenvalue weighted by Gasteiger charge is -2.41. The first-order chi connectivity index (χ1) is 13.8. The number of benzene rings is 2. The molecule has 2 atom stereocenters. The monoisotopic (exact) mass is 394 g/mol. The van der Waals surface area contributed by atoms with Crippen LogP contribution in [0.25, 0.3) is 11.1 Å². The fourth-order valence-corrected chi connectivity index (χ4v) is 5.49. The van der Waals surface area contributed by atoms with E-state index < -0.39 is 0 Å². The molecule has 2 aromatic carbocycles. The zero-order valence-corrected chi connectivity index (χ0v) is 17.7. The number of fused-ring (bicyclic) bond motifs is 2. The zero-order valence-electron chi connectivity index (χ0n) is 17.7. The molecule has 4 nitrogen and oxygen atoms in total. The number of carbonyl (C=O) groups excluding carboxylic acids is 1. The van der Waals surface area contributed by atoms with Gasteiger partial charge in [0.25, 0.3) is 0 Å². The lowest BCUT2D eigenvalue weighted by atomic mass is 9.85.